The number of benzene rings is 2. The van der Waals surface area contributed by atoms with Gasteiger partial charge in [-0.1, -0.05) is 0 Å². The summed E-state index contributed by atoms with van der Waals surface area (Å²) >= 11 is 4.52. The average molecular weight is 397 g/mol. The fraction of sp³-hybridized carbons (Fsp3) is 0.235. The lowest BCUT2D eigenvalue weighted by molar-refractivity contribution is 0.0455. The van der Waals surface area contributed by atoms with Crippen LogP contribution in [0.4, 0.5) is 13.2 Å². The number of rotatable bonds is 3. The van der Waals surface area contributed by atoms with Crippen LogP contribution in [0.1, 0.15) is 29.0 Å². The lowest BCUT2D eigenvalue weighted by atomic mass is 10.1. The van der Waals surface area contributed by atoms with Crippen LogP contribution < -0.4 is 4.74 Å². The number of aliphatic hydroxyl groups is 1. The van der Waals surface area contributed by atoms with Crippen LogP contribution in [0.15, 0.2) is 35.2 Å². The molecule has 26 heavy (non-hydrogen) atoms. The summed E-state index contributed by atoms with van der Waals surface area (Å²) in [5.74, 6) is -0.728. The number of thiol groups is 1. The maximum atomic E-state index is 14.6. The van der Waals surface area contributed by atoms with Gasteiger partial charge in [0.05, 0.1) is 11.6 Å². The zero-order valence-electron chi connectivity index (χ0n) is 13.9. The van der Waals surface area contributed by atoms with E-state index in [2.05, 4.69) is 11.7 Å². The molecule has 0 saturated carbocycles. The Kier molecular flexibility index (Phi) is 4.95. The highest BCUT2D eigenvalue weighted by Gasteiger charge is 2.45. The first-order valence-electron chi connectivity index (χ1n) is 7.61. The molecule has 0 bridgehead atoms. The van der Waals surface area contributed by atoms with Gasteiger partial charge in [-0.15, -0.1) is 11.7 Å². The van der Waals surface area contributed by atoms with Crippen LogP contribution in [0.2, 0.25) is 0 Å². The van der Waals surface area contributed by atoms with E-state index in [1.807, 2.05) is 13.4 Å². The lowest BCUT2D eigenvalue weighted by Gasteiger charge is -2.29. The van der Waals surface area contributed by atoms with Crippen molar-refractivity contribution in [2.24, 2.45) is 0 Å². The summed E-state index contributed by atoms with van der Waals surface area (Å²) in [6, 6.07) is 8.23. The molecule has 2 aromatic rings. The predicted octanol–water partition coefficient (Wildman–Crippen LogP) is 4.07. The van der Waals surface area contributed by atoms with E-state index >= 15 is 0 Å². The Morgan fingerprint density at radius 3 is 2.58 bits per heavy atom. The van der Waals surface area contributed by atoms with Gasteiger partial charge >= 0.3 is 0 Å². The molecular weight excluding hydrogens is 382 g/mol. The van der Waals surface area contributed by atoms with Crippen molar-refractivity contribution in [2.45, 2.75) is 23.3 Å². The second-order valence-electron chi connectivity index (χ2n) is 6.34. The summed E-state index contributed by atoms with van der Waals surface area (Å²) < 4.78 is 47.9. The van der Waals surface area contributed by atoms with E-state index in [0.29, 0.717) is 4.90 Å². The van der Waals surface area contributed by atoms with Crippen LogP contribution in [0.25, 0.3) is 0 Å². The minimum absolute atomic E-state index is 0.0158. The largest absolute Gasteiger partial charge is 0.457 e. The van der Waals surface area contributed by atoms with Crippen molar-refractivity contribution < 1.29 is 23.0 Å². The molecule has 1 N–H and O–H groups in total. The molecule has 0 heterocycles. The second-order valence-corrected chi connectivity index (χ2v) is 12.1. The van der Waals surface area contributed by atoms with E-state index in [4.69, 9.17) is 10.00 Å². The molecule has 0 saturated heterocycles. The van der Waals surface area contributed by atoms with Crippen molar-refractivity contribution in [1.29, 1.82) is 5.26 Å². The summed E-state index contributed by atoms with van der Waals surface area (Å²) in [5, 5.41) is 19.1. The second kappa shape index (κ2) is 6.76. The quantitative estimate of drug-likeness (QED) is 0.467. The Balaban J connectivity index is 2.14. The van der Waals surface area contributed by atoms with Gasteiger partial charge in [0.25, 0.3) is 0 Å². The van der Waals surface area contributed by atoms with Gasteiger partial charge in [0.2, 0.25) is 0 Å². The Morgan fingerprint density at radius 2 is 1.96 bits per heavy atom. The first-order valence-corrected chi connectivity index (χ1v) is 11.1. The highest BCUT2D eigenvalue weighted by Crippen LogP contribution is 2.60. The number of nitrogens with zero attached hydrogens (tertiary/aromatic N) is 1. The zero-order chi connectivity index (χ0) is 19.2. The number of ether oxygens (including phenoxy) is 1. The standard InChI is InChI=1S/C17H15BF3NO2S2/c1-26(18,25)12-3-2-11(13-14(12)17(23)16(21)15(13)20)24-10-5-8(7-22)4-9(19)6-10/h2-6,15-17,23,25H,18H2,1H3/t15-,16?,17+/m1/s1. The molecule has 2 unspecified atom stereocenters. The zero-order valence-corrected chi connectivity index (χ0v) is 15.6. The monoisotopic (exact) mass is 397 g/mol. The smallest absolute Gasteiger partial charge is 0.170 e. The Labute approximate surface area is 156 Å². The SMILES string of the molecule is BS(C)(S)c1ccc(Oc2cc(F)cc(C#N)c2)c2c1[C@H](O)C(F)[C@@H]2F. The molecule has 136 valence electrons. The highest BCUT2D eigenvalue weighted by molar-refractivity contribution is 8.96. The topological polar surface area (TPSA) is 53.2 Å². The number of hydrogen-bond donors (Lipinski definition) is 2. The van der Waals surface area contributed by atoms with Gasteiger partial charge in [-0.05, 0) is 35.4 Å². The van der Waals surface area contributed by atoms with Crippen LogP contribution in [0, 0.1) is 17.1 Å². The third-order valence-electron chi connectivity index (χ3n) is 4.13. The fourth-order valence-electron chi connectivity index (χ4n) is 3.00. The maximum absolute atomic E-state index is 14.6. The Hall–Kier alpha value is -1.76. The summed E-state index contributed by atoms with van der Waals surface area (Å²) in [5.41, 5.74) is 0.0729. The normalized spacial score (nSPS) is 25.0. The first-order chi connectivity index (χ1) is 12.1. The third-order valence-corrected chi connectivity index (χ3v) is 6.15. The van der Waals surface area contributed by atoms with Crippen molar-refractivity contribution in [2.75, 3.05) is 6.26 Å². The Morgan fingerprint density at radius 1 is 1.27 bits per heavy atom. The van der Waals surface area contributed by atoms with E-state index < -0.39 is 33.2 Å². The molecule has 0 aliphatic heterocycles. The molecule has 0 radical (unpaired) electrons. The number of hydrogen-bond acceptors (Lipinski definition) is 4. The molecular formula is C17H15BF3NO2S2. The van der Waals surface area contributed by atoms with E-state index in [-0.39, 0.29) is 28.2 Å². The van der Waals surface area contributed by atoms with Crippen molar-refractivity contribution in [1.82, 2.24) is 0 Å². The predicted molar refractivity (Wildman–Crippen MR) is 101 cm³/mol. The van der Waals surface area contributed by atoms with E-state index in [1.54, 1.807) is 12.1 Å². The van der Waals surface area contributed by atoms with Crippen molar-refractivity contribution >= 4 is 27.7 Å². The number of alkyl halides is 2. The summed E-state index contributed by atoms with van der Waals surface area (Å²) in [6.07, 6.45) is -4.00. The minimum atomic E-state index is -2.12. The third kappa shape index (κ3) is 3.29. The molecule has 1 aliphatic rings. The van der Waals surface area contributed by atoms with Crippen molar-refractivity contribution in [3.05, 3.63) is 52.8 Å². The van der Waals surface area contributed by atoms with Crippen LogP contribution in [0.5, 0.6) is 11.5 Å². The van der Waals surface area contributed by atoms with Crippen molar-refractivity contribution in [3.8, 4) is 17.6 Å². The highest BCUT2D eigenvalue weighted by atomic mass is 33.1. The molecule has 0 spiro atoms. The molecule has 1 aliphatic carbocycles. The average Bonchev–Trinajstić information content (AvgIpc) is 2.79. The number of fused-ring (bicyclic) bond motifs is 1. The van der Waals surface area contributed by atoms with Gasteiger partial charge in [0.1, 0.15) is 23.4 Å². The minimum Gasteiger partial charge on any atom is -0.457 e. The van der Waals surface area contributed by atoms with Gasteiger partial charge in [0, 0.05) is 17.2 Å². The molecule has 0 amide bonds. The van der Waals surface area contributed by atoms with E-state index in [0.717, 1.165) is 12.1 Å². The van der Waals surface area contributed by atoms with Crippen molar-refractivity contribution in [3.63, 3.8) is 0 Å². The van der Waals surface area contributed by atoms with Gasteiger partial charge in [-0.25, -0.2) is 22.1 Å². The van der Waals surface area contributed by atoms with Crippen LogP contribution >= 0.6 is 20.6 Å². The van der Waals surface area contributed by atoms with Crippen LogP contribution in [0.3, 0.4) is 0 Å². The van der Waals surface area contributed by atoms with Gasteiger partial charge < -0.3 is 9.84 Å². The number of nitriles is 1. The summed E-state index contributed by atoms with van der Waals surface area (Å²) in [7, 11) is 0.151. The molecule has 0 fully saturated rings. The fourth-order valence-corrected chi connectivity index (χ4v) is 4.65. The van der Waals surface area contributed by atoms with E-state index in [9.17, 15) is 18.3 Å². The molecule has 4 atom stereocenters. The van der Waals surface area contributed by atoms with Gasteiger partial charge in [-0.2, -0.15) is 5.26 Å². The van der Waals surface area contributed by atoms with E-state index in [1.165, 1.54) is 12.1 Å². The first kappa shape index (κ1) is 19.0. The molecule has 2 aromatic carbocycles. The Bertz CT molecular complexity index is 914. The molecule has 9 heteroatoms. The molecule has 3 nitrogen and oxygen atoms in total. The maximum Gasteiger partial charge on any atom is 0.170 e. The van der Waals surface area contributed by atoms with Crippen LogP contribution in [-0.2, 0) is 0 Å². The molecule has 0 aromatic heterocycles. The molecule has 3 rings (SSSR count). The number of halogens is 3. The van der Waals surface area contributed by atoms with Crippen LogP contribution in [-0.4, -0.2) is 24.7 Å². The van der Waals surface area contributed by atoms with Gasteiger partial charge in [0.15, 0.2) is 19.5 Å². The number of aliphatic hydroxyl groups excluding tert-OH is 1. The summed E-state index contributed by atoms with van der Waals surface area (Å²) in [4.78, 5) is 0.565. The lowest BCUT2D eigenvalue weighted by Crippen LogP contribution is -2.10. The van der Waals surface area contributed by atoms with Gasteiger partial charge in [-0.3, -0.25) is 0 Å². The summed E-state index contributed by atoms with van der Waals surface area (Å²) in [6.45, 7) is 0.